The van der Waals surface area contributed by atoms with Gasteiger partial charge in [0.2, 0.25) is 0 Å². The number of ether oxygens (including phenoxy) is 1. The van der Waals surface area contributed by atoms with Gasteiger partial charge in [0.05, 0.1) is 12.9 Å². The molecule has 0 aliphatic heterocycles. The van der Waals surface area contributed by atoms with Crippen molar-refractivity contribution < 1.29 is 4.74 Å². The van der Waals surface area contributed by atoms with Crippen LogP contribution in [0.25, 0.3) is 0 Å². The van der Waals surface area contributed by atoms with Crippen molar-refractivity contribution in [2.24, 2.45) is 5.92 Å². The molecule has 88 valence electrons. The van der Waals surface area contributed by atoms with Crippen molar-refractivity contribution in [3.05, 3.63) is 12.8 Å². The van der Waals surface area contributed by atoms with Crippen LogP contribution in [-0.4, -0.2) is 19.7 Å². The lowest BCUT2D eigenvalue weighted by atomic mass is 10.0. The second-order valence-electron chi connectivity index (χ2n) is 4.45. The van der Waals surface area contributed by atoms with Crippen LogP contribution in [0.5, 0.6) is 0 Å². The minimum Gasteiger partial charge on any atom is -0.502 e. The van der Waals surface area contributed by atoms with E-state index in [1.165, 1.54) is 51.3 Å². The lowest BCUT2D eigenvalue weighted by Crippen LogP contribution is -2.24. The minimum absolute atomic E-state index is 0.793. The van der Waals surface area contributed by atoms with Gasteiger partial charge >= 0.3 is 0 Å². The van der Waals surface area contributed by atoms with Gasteiger partial charge in [-0.2, -0.15) is 0 Å². The van der Waals surface area contributed by atoms with E-state index < -0.39 is 0 Å². The molecule has 2 nitrogen and oxygen atoms in total. The quantitative estimate of drug-likeness (QED) is 0.397. The predicted octanol–water partition coefficient (Wildman–Crippen LogP) is 3.10. The first kappa shape index (κ1) is 12.6. The minimum atomic E-state index is 0.793. The van der Waals surface area contributed by atoms with Crippen molar-refractivity contribution in [1.29, 1.82) is 0 Å². The number of hydrogen-bond donors (Lipinski definition) is 1. The molecule has 0 amide bonds. The van der Waals surface area contributed by atoms with Crippen LogP contribution in [0.1, 0.15) is 44.9 Å². The molecule has 0 heterocycles. The molecule has 1 aliphatic rings. The van der Waals surface area contributed by atoms with Crippen LogP contribution in [0.15, 0.2) is 12.8 Å². The third kappa shape index (κ3) is 6.56. The number of rotatable bonds is 7. The van der Waals surface area contributed by atoms with E-state index in [2.05, 4.69) is 11.9 Å². The Morgan fingerprint density at radius 1 is 1.20 bits per heavy atom. The molecule has 0 saturated heterocycles. The number of nitrogens with one attached hydrogen (secondary N) is 1. The Kier molecular flexibility index (Phi) is 7.36. The maximum Gasteiger partial charge on any atom is 0.0885 e. The molecule has 2 heteroatoms. The molecule has 1 saturated carbocycles. The fourth-order valence-electron chi connectivity index (χ4n) is 2.24. The summed E-state index contributed by atoms with van der Waals surface area (Å²) in [5.41, 5.74) is 0. The van der Waals surface area contributed by atoms with Crippen LogP contribution in [0.3, 0.4) is 0 Å². The average Bonchev–Trinajstić information content (AvgIpc) is 2.52. The summed E-state index contributed by atoms with van der Waals surface area (Å²) in [5.74, 6) is 0.924. The van der Waals surface area contributed by atoms with Crippen molar-refractivity contribution in [3.63, 3.8) is 0 Å². The van der Waals surface area contributed by atoms with Gasteiger partial charge in [-0.15, -0.1) is 0 Å². The first-order valence-electron chi connectivity index (χ1n) is 6.36. The van der Waals surface area contributed by atoms with Gasteiger partial charge in [0.15, 0.2) is 0 Å². The van der Waals surface area contributed by atoms with E-state index >= 15 is 0 Å². The Morgan fingerprint density at radius 3 is 2.60 bits per heavy atom. The smallest absolute Gasteiger partial charge is 0.0885 e. The topological polar surface area (TPSA) is 21.3 Å². The van der Waals surface area contributed by atoms with E-state index in [1.54, 1.807) is 0 Å². The highest BCUT2D eigenvalue weighted by Crippen LogP contribution is 2.21. The molecule has 1 rings (SSSR count). The van der Waals surface area contributed by atoms with Crippen LogP contribution >= 0.6 is 0 Å². The monoisotopic (exact) mass is 211 g/mol. The molecule has 0 atom stereocenters. The van der Waals surface area contributed by atoms with Crippen LogP contribution in [0, 0.1) is 5.92 Å². The van der Waals surface area contributed by atoms with Crippen molar-refractivity contribution in [3.8, 4) is 0 Å². The van der Waals surface area contributed by atoms with E-state index in [1.807, 2.05) is 0 Å². The maximum absolute atomic E-state index is 5.07. The van der Waals surface area contributed by atoms with Crippen molar-refractivity contribution in [1.82, 2.24) is 5.32 Å². The molecule has 0 aromatic rings. The van der Waals surface area contributed by atoms with Gasteiger partial charge in [0.1, 0.15) is 0 Å². The van der Waals surface area contributed by atoms with Gasteiger partial charge in [0, 0.05) is 0 Å². The van der Waals surface area contributed by atoms with Gasteiger partial charge in [-0.1, -0.05) is 32.3 Å². The number of hydrogen-bond acceptors (Lipinski definition) is 2. The summed E-state index contributed by atoms with van der Waals surface area (Å²) >= 11 is 0. The Bertz CT molecular complexity index is 151. The molecule has 1 N–H and O–H groups in total. The van der Waals surface area contributed by atoms with Crippen molar-refractivity contribution in [2.45, 2.75) is 44.9 Å². The van der Waals surface area contributed by atoms with Gasteiger partial charge in [-0.05, 0) is 38.3 Å². The summed E-state index contributed by atoms with van der Waals surface area (Å²) in [6.45, 7) is 6.59. The fraction of sp³-hybridized carbons (Fsp3) is 0.846. The summed E-state index contributed by atoms with van der Waals surface area (Å²) in [6, 6.07) is 0. The molecular formula is C13H25NO. The zero-order valence-electron chi connectivity index (χ0n) is 9.84. The summed E-state index contributed by atoms with van der Waals surface area (Å²) in [6.07, 6.45) is 11.2. The molecule has 0 unspecified atom stereocenters. The zero-order chi connectivity index (χ0) is 10.8. The van der Waals surface area contributed by atoms with Crippen LogP contribution < -0.4 is 5.32 Å². The summed E-state index contributed by atoms with van der Waals surface area (Å²) in [4.78, 5) is 0. The van der Waals surface area contributed by atoms with Crippen molar-refractivity contribution >= 4 is 0 Å². The summed E-state index contributed by atoms with van der Waals surface area (Å²) < 4.78 is 5.07. The van der Waals surface area contributed by atoms with E-state index in [4.69, 9.17) is 4.74 Å². The Hall–Kier alpha value is -0.500. The normalized spacial score (nSPS) is 18.4. The lowest BCUT2D eigenvalue weighted by Gasteiger charge is -2.14. The van der Waals surface area contributed by atoms with Gasteiger partial charge < -0.3 is 10.1 Å². The largest absolute Gasteiger partial charge is 0.502 e. The molecule has 1 fully saturated rings. The van der Waals surface area contributed by atoms with Crippen LogP contribution in [0.4, 0.5) is 0 Å². The maximum atomic E-state index is 5.07. The van der Waals surface area contributed by atoms with Crippen molar-refractivity contribution in [2.75, 3.05) is 19.7 Å². The Labute approximate surface area is 94.1 Å². The predicted molar refractivity (Wildman–Crippen MR) is 64.8 cm³/mol. The zero-order valence-corrected chi connectivity index (χ0v) is 9.84. The highest BCUT2D eigenvalue weighted by Gasteiger charge is 2.10. The molecular weight excluding hydrogens is 186 g/mol. The highest BCUT2D eigenvalue weighted by atomic mass is 16.5. The third-order valence-electron chi connectivity index (χ3n) is 3.14. The molecule has 0 bridgehead atoms. The molecule has 0 aromatic heterocycles. The van der Waals surface area contributed by atoms with E-state index in [0.717, 1.165) is 25.5 Å². The summed E-state index contributed by atoms with van der Waals surface area (Å²) in [5, 5.41) is 3.53. The first-order valence-corrected chi connectivity index (χ1v) is 6.36. The molecule has 15 heavy (non-hydrogen) atoms. The second kappa shape index (κ2) is 8.78. The van der Waals surface area contributed by atoms with Gasteiger partial charge in [-0.3, -0.25) is 0 Å². The molecule has 1 aliphatic carbocycles. The van der Waals surface area contributed by atoms with E-state index in [0.29, 0.717) is 0 Å². The molecule has 0 aromatic carbocycles. The van der Waals surface area contributed by atoms with Gasteiger partial charge in [0.25, 0.3) is 0 Å². The highest BCUT2D eigenvalue weighted by molar-refractivity contribution is 4.66. The van der Waals surface area contributed by atoms with E-state index in [9.17, 15) is 0 Å². The van der Waals surface area contributed by atoms with Crippen LogP contribution in [0.2, 0.25) is 0 Å². The molecule has 0 spiro atoms. The average molecular weight is 211 g/mol. The first-order chi connectivity index (χ1) is 7.43. The fourth-order valence-corrected chi connectivity index (χ4v) is 2.24. The van der Waals surface area contributed by atoms with Gasteiger partial charge in [-0.25, -0.2) is 0 Å². The SMILES string of the molecule is C=COCCCNCC1CCCCCC1. The van der Waals surface area contributed by atoms with Crippen LogP contribution in [-0.2, 0) is 4.74 Å². The third-order valence-corrected chi connectivity index (χ3v) is 3.14. The van der Waals surface area contributed by atoms with E-state index in [-0.39, 0.29) is 0 Å². The Morgan fingerprint density at radius 2 is 1.93 bits per heavy atom. The Balaban J connectivity index is 1.91. The lowest BCUT2D eigenvalue weighted by molar-refractivity contribution is 0.243. The molecule has 0 radical (unpaired) electrons. The summed E-state index contributed by atoms with van der Waals surface area (Å²) in [7, 11) is 0. The second-order valence-corrected chi connectivity index (χ2v) is 4.45. The standard InChI is InChI=1S/C13H25NO/c1-2-15-11-7-10-14-12-13-8-5-3-4-6-9-13/h2,13-14H,1,3-12H2.